The highest BCUT2D eigenvalue weighted by atomic mass is 32.1. The van der Waals surface area contributed by atoms with Crippen LogP contribution in [0.3, 0.4) is 0 Å². The van der Waals surface area contributed by atoms with Crippen LogP contribution in [-0.4, -0.2) is 48.1 Å². The average molecular weight is 280 g/mol. The van der Waals surface area contributed by atoms with Crippen molar-refractivity contribution in [1.82, 2.24) is 10.2 Å². The minimum Gasteiger partial charge on any atom is -0.478 e. The summed E-state index contributed by atoms with van der Waals surface area (Å²) in [5.41, 5.74) is 0. The fourth-order valence-electron chi connectivity index (χ4n) is 2.03. The van der Waals surface area contributed by atoms with Gasteiger partial charge in [0.2, 0.25) is 0 Å². The maximum absolute atomic E-state index is 12.0. The Morgan fingerprint density at radius 1 is 1.53 bits per heavy atom. The molecule has 2 N–H and O–H groups in total. The molecular weight excluding hydrogens is 264 g/mol. The normalized spacial score (nSPS) is 19.9. The Morgan fingerprint density at radius 3 is 2.95 bits per heavy atom. The summed E-state index contributed by atoms with van der Waals surface area (Å²) < 4.78 is 0. The Labute approximate surface area is 115 Å². The molecule has 0 radical (unpaired) electrons. The first-order chi connectivity index (χ1) is 9.04. The van der Waals surface area contributed by atoms with E-state index in [1.54, 1.807) is 12.1 Å². The second kappa shape index (κ2) is 5.99. The van der Waals surface area contributed by atoms with Crippen LogP contribution in [0.1, 0.15) is 21.0 Å². The van der Waals surface area contributed by atoms with Gasteiger partial charge in [-0.3, -0.25) is 4.79 Å². The summed E-state index contributed by atoms with van der Waals surface area (Å²) in [5.74, 6) is -1.08. The van der Waals surface area contributed by atoms with E-state index in [-0.39, 0.29) is 11.9 Å². The van der Waals surface area contributed by atoms with Crippen LogP contribution in [0, 0.1) is 0 Å². The van der Waals surface area contributed by atoms with Gasteiger partial charge < -0.3 is 15.3 Å². The van der Waals surface area contributed by atoms with E-state index in [2.05, 4.69) is 10.2 Å². The van der Waals surface area contributed by atoms with Crippen molar-refractivity contribution >= 4 is 29.3 Å². The van der Waals surface area contributed by atoms with Gasteiger partial charge in [0.25, 0.3) is 5.91 Å². The largest absolute Gasteiger partial charge is 0.478 e. The smallest absolute Gasteiger partial charge is 0.328 e. The summed E-state index contributed by atoms with van der Waals surface area (Å²) in [6, 6.07) is 3.68. The molecule has 1 atom stereocenters. The molecule has 6 heteroatoms. The molecule has 0 aliphatic carbocycles. The maximum Gasteiger partial charge on any atom is 0.328 e. The lowest BCUT2D eigenvalue weighted by Crippen LogP contribution is -2.36. The third-order valence-electron chi connectivity index (χ3n) is 2.97. The first-order valence-corrected chi connectivity index (χ1v) is 6.86. The van der Waals surface area contributed by atoms with E-state index >= 15 is 0 Å². The third kappa shape index (κ3) is 3.90. The molecule has 0 saturated carbocycles. The van der Waals surface area contributed by atoms with Gasteiger partial charge in [0, 0.05) is 23.5 Å². The molecule has 1 fully saturated rings. The maximum atomic E-state index is 12.0. The number of hydrogen-bond donors (Lipinski definition) is 2. The number of carbonyl (C=O) groups excluding carboxylic acids is 1. The zero-order valence-electron chi connectivity index (χ0n) is 10.6. The average Bonchev–Trinajstić information content (AvgIpc) is 2.95. The quantitative estimate of drug-likeness (QED) is 0.815. The molecule has 1 unspecified atom stereocenters. The van der Waals surface area contributed by atoms with E-state index in [0.29, 0.717) is 4.88 Å². The summed E-state index contributed by atoms with van der Waals surface area (Å²) in [4.78, 5) is 26.0. The molecule has 19 heavy (non-hydrogen) atoms. The lowest BCUT2D eigenvalue weighted by Gasteiger charge is -2.11. The number of carbonyl (C=O) groups is 2. The number of nitrogens with one attached hydrogen (secondary N) is 1. The van der Waals surface area contributed by atoms with E-state index in [4.69, 9.17) is 5.11 Å². The monoisotopic (exact) mass is 280 g/mol. The van der Waals surface area contributed by atoms with Gasteiger partial charge in [-0.15, -0.1) is 11.3 Å². The number of hydrogen-bond acceptors (Lipinski definition) is 4. The first kappa shape index (κ1) is 13.8. The molecule has 1 aliphatic heterocycles. The van der Waals surface area contributed by atoms with E-state index in [1.807, 2.05) is 7.05 Å². The number of carboxylic acids is 1. The van der Waals surface area contributed by atoms with Crippen molar-refractivity contribution in [3.05, 3.63) is 28.0 Å². The van der Waals surface area contributed by atoms with Gasteiger partial charge in [0.1, 0.15) is 0 Å². The zero-order chi connectivity index (χ0) is 13.8. The van der Waals surface area contributed by atoms with Gasteiger partial charge >= 0.3 is 5.97 Å². The predicted molar refractivity (Wildman–Crippen MR) is 74.4 cm³/mol. The molecule has 0 spiro atoms. The summed E-state index contributed by atoms with van der Waals surface area (Å²) in [6.07, 6.45) is 3.53. The number of amides is 1. The molecule has 1 aromatic heterocycles. The van der Waals surface area contributed by atoms with Gasteiger partial charge in [-0.25, -0.2) is 4.79 Å². The SMILES string of the molecule is CN1CCC(NC(=O)c2ccc(C=CC(=O)O)s2)C1. The number of nitrogens with zero attached hydrogens (tertiary/aromatic N) is 1. The minimum absolute atomic E-state index is 0.0831. The molecule has 5 nitrogen and oxygen atoms in total. The highest BCUT2D eigenvalue weighted by molar-refractivity contribution is 7.14. The van der Waals surface area contributed by atoms with Crippen molar-refractivity contribution in [1.29, 1.82) is 0 Å². The van der Waals surface area contributed by atoms with Crippen LogP contribution >= 0.6 is 11.3 Å². The fraction of sp³-hybridized carbons (Fsp3) is 0.385. The number of likely N-dealkylation sites (N-methyl/N-ethyl adjacent to an activating group) is 1. The lowest BCUT2D eigenvalue weighted by atomic mass is 10.2. The number of aliphatic carboxylic acids is 1. The zero-order valence-corrected chi connectivity index (χ0v) is 11.4. The van der Waals surface area contributed by atoms with E-state index in [0.717, 1.165) is 30.5 Å². The second-order valence-electron chi connectivity index (χ2n) is 4.59. The molecule has 1 aromatic rings. The standard InChI is InChI=1S/C13H16N2O3S/c1-15-7-6-9(8-15)14-13(18)11-4-2-10(19-11)3-5-12(16)17/h2-5,9H,6-8H2,1H3,(H,14,18)(H,16,17). The third-order valence-corrected chi connectivity index (χ3v) is 4.02. The van der Waals surface area contributed by atoms with Gasteiger partial charge in [-0.2, -0.15) is 0 Å². The van der Waals surface area contributed by atoms with Crippen LogP contribution in [0.4, 0.5) is 0 Å². The lowest BCUT2D eigenvalue weighted by molar-refractivity contribution is -0.131. The van der Waals surface area contributed by atoms with Crippen molar-refractivity contribution in [3.8, 4) is 0 Å². The van der Waals surface area contributed by atoms with E-state index in [9.17, 15) is 9.59 Å². The Bertz CT molecular complexity index is 510. The summed E-state index contributed by atoms with van der Waals surface area (Å²) in [6.45, 7) is 1.88. The Morgan fingerprint density at radius 2 is 2.32 bits per heavy atom. The molecule has 2 heterocycles. The van der Waals surface area contributed by atoms with Crippen molar-refractivity contribution in [2.24, 2.45) is 0 Å². The van der Waals surface area contributed by atoms with E-state index in [1.165, 1.54) is 17.4 Å². The predicted octanol–water partition coefficient (Wildman–Crippen LogP) is 1.28. The van der Waals surface area contributed by atoms with Crippen LogP contribution in [0.2, 0.25) is 0 Å². The topological polar surface area (TPSA) is 69.6 Å². The van der Waals surface area contributed by atoms with Crippen LogP contribution in [-0.2, 0) is 4.79 Å². The number of carboxylic acid groups (broad SMARTS) is 1. The van der Waals surface area contributed by atoms with Gasteiger partial charge in [0.15, 0.2) is 0 Å². The van der Waals surface area contributed by atoms with E-state index < -0.39 is 5.97 Å². The minimum atomic E-state index is -0.992. The van der Waals surface area contributed by atoms with Crippen molar-refractivity contribution in [3.63, 3.8) is 0 Å². The summed E-state index contributed by atoms with van der Waals surface area (Å²) in [5, 5.41) is 11.5. The molecule has 0 bridgehead atoms. The van der Waals surface area contributed by atoms with Crippen LogP contribution in [0.5, 0.6) is 0 Å². The molecule has 1 saturated heterocycles. The first-order valence-electron chi connectivity index (χ1n) is 6.05. The molecule has 102 valence electrons. The van der Waals surface area contributed by atoms with Crippen molar-refractivity contribution in [2.45, 2.75) is 12.5 Å². The van der Waals surface area contributed by atoms with Crippen LogP contribution in [0.15, 0.2) is 18.2 Å². The van der Waals surface area contributed by atoms with Gasteiger partial charge in [-0.1, -0.05) is 0 Å². The molecule has 2 rings (SSSR count). The summed E-state index contributed by atoms with van der Waals surface area (Å²) >= 11 is 1.29. The Kier molecular flexibility index (Phi) is 4.34. The number of rotatable bonds is 4. The Balaban J connectivity index is 1.94. The van der Waals surface area contributed by atoms with Crippen LogP contribution in [0.25, 0.3) is 6.08 Å². The van der Waals surface area contributed by atoms with Crippen molar-refractivity contribution < 1.29 is 14.7 Å². The number of thiophene rings is 1. The Hall–Kier alpha value is -1.66. The van der Waals surface area contributed by atoms with Crippen LogP contribution < -0.4 is 5.32 Å². The van der Waals surface area contributed by atoms with Gasteiger partial charge in [0.05, 0.1) is 4.88 Å². The molecular formula is C13H16N2O3S. The molecule has 1 aliphatic rings. The van der Waals surface area contributed by atoms with Gasteiger partial charge in [-0.05, 0) is 38.2 Å². The summed E-state index contributed by atoms with van der Waals surface area (Å²) in [7, 11) is 2.03. The fourth-order valence-corrected chi connectivity index (χ4v) is 2.84. The molecule has 0 aromatic carbocycles. The molecule has 1 amide bonds. The highest BCUT2D eigenvalue weighted by Gasteiger charge is 2.21. The highest BCUT2D eigenvalue weighted by Crippen LogP contribution is 2.18. The second-order valence-corrected chi connectivity index (χ2v) is 5.71. The number of likely N-dealkylation sites (tertiary alicyclic amines) is 1. The van der Waals surface area contributed by atoms with Crippen molar-refractivity contribution in [2.75, 3.05) is 20.1 Å².